The summed E-state index contributed by atoms with van der Waals surface area (Å²) in [6.07, 6.45) is 1.39. The molecule has 0 spiro atoms. The number of benzene rings is 1. The fourth-order valence-corrected chi connectivity index (χ4v) is 2.93. The third kappa shape index (κ3) is 2.79. The molecule has 1 aromatic carbocycles. The number of rotatable bonds is 4. The highest BCUT2D eigenvalue weighted by atomic mass is 32.2. The Morgan fingerprint density at radius 2 is 2.00 bits per heavy atom. The highest BCUT2D eigenvalue weighted by Crippen LogP contribution is 2.20. The summed E-state index contributed by atoms with van der Waals surface area (Å²) in [7, 11) is -3.89. The van der Waals surface area contributed by atoms with Crippen molar-refractivity contribution in [2.24, 2.45) is 0 Å². The summed E-state index contributed by atoms with van der Waals surface area (Å²) in [4.78, 5) is 0.00378. The number of aryl methyl sites for hydroxylation is 2. The van der Waals surface area contributed by atoms with E-state index in [0.717, 1.165) is 18.2 Å². The summed E-state index contributed by atoms with van der Waals surface area (Å²) in [6, 6.07) is 2.79. The largest absolute Gasteiger partial charge is 0.279 e. The van der Waals surface area contributed by atoms with E-state index in [1.54, 1.807) is 6.92 Å². The summed E-state index contributed by atoms with van der Waals surface area (Å²) >= 11 is 0. The Balaban J connectivity index is 2.35. The molecule has 0 aliphatic heterocycles. The fourth-order valence-electron chi connectivity index (χ4n) is 1.70. The summed E-state index contributed by atoms with van der Waals surface area (Å²) < 4.78 is 53.9. The first-order valence-electron chi connectivity index (χ1n) is 5.85. The second-order valence-corrected chi connectivity index (χ2v) is 5.82. The van der Waals surface area contributed by atoms with Crippen molar-refractivity contribution < 1.29 is 17.2 Å². The van der Waals surface area contributed by atoms with Gasteiger partial charge in [-0.05, 0) is 26.0 Å². The molecule has 0 amide bonds. The smallest absolute Gasteiger partial charge is 0.265 e. The van der Waals surface area contributed by atoms with Crippen LogP contribution in [0.2, 0.25) is 0 Å². The molecule has 0 saturated heterocycles. The number of nitrogens with zero attached hydrogens (tertiary/aromatic N) is 2. The number of sulfonamides is 1. The van der Waals surface area contributed by atoms with Crippen molar-refractivity contribution in [3.05, 3.63) is 41.7 Å². The quantitative estimate of drug-likeness (QED) is 0.942. The average Bonchev–Trinajstić information content (AvgIpc) is 2.76. The number of halogens is 2. The van der Waals surface area contributed by atoms with E-state index in [2.05, 4.69) is 9.82 Å². The number of hydrogen-bond acceptors (Lipinski definition) is 3. The maximum atomic E-state index is 13.1. The molecule has 0 atom stereocenters. The topological polar surface area (TPSA) is 64.0 Å². The minimum Gasteiger partial charge on any atom is -0.279 e. The van der Waals surface area contributed by atoms with Crippen LogP contribution in [0.5, 0.6) is 0 Å². The number of aromatic nitrogens is 2. The van der Waals surface area contributed by atoms with E-state index >= 15 is 0 Å². The second-order valence-electron chi connectivity index (χ2n) is 4.17. The maximum absolute atomic E-state index is 13.1. The molecule has 0 bridgehead atoms. The number of hydrogen-bond donors (Lipinski definition) is 1. The SMILES string of the molecule is CCn1cc(S(=O)(=O)Nc2ccc(F)c(F)c2)c(C)n1. The third-order valence-electron chi connectivity index (χ3n) is 2.69. The van der Waals surface area contributed by atoms with Gasteiger partial charge in [-0.3, -0.25) is 9.40 Å². The number of nitrogens with one attached hydrogen (secondary N) is 1. The van der Waals surface area contributed by atoms with Crippen LogP contribution in [0.1, 0.15) is 12.6 Å². The normalized spacial score (nSPS) is 11.6. The molecule has 0 aliphatic rings. The lowest BCUT2D eigenvalue weighted by molar-refractivity contribution is 0.509. The Labute approximate surface area is 115 Å². The van der Waals surface area contributed by atoms with Crippen LogP contribution in [0.25, 0.3) is 0 Å². The molecule has 2 aromatic rings. The van der Waals surface area contributed by atoms with Gasteiger partial charge in [-0.1, -0.05) is 0 Å². The molecule has 8 heteroatoms. The van der Waals surface area contributed by atoms with Gasteiger partial charge in [-0.15, -0.1) is 0 Å². The van der Waals surface area contributed by atoms with Gasteiger partial charge in [0.25, 0.3) is 10.0 Å². The van der Waals surface area contributed by atoms with E-state index in [9.17, 15) is 17.2 Å². The first kappa shape index (κ1) is 14.4. The van der Waals surface area contributed by atoms with Crippen molar-refractivity contribution in [2.75, 3.05) is 4.72 Å². The van der Waals surface area contributed by atoms with Crippen molar-refractivity contribution in [3.8, 4) is 0 Å². The maximum Gasteiger partial charge on any atom is 0.265 e. The highest BCUT2D eigenvalue weighted by molar-refractivity contribution is 7.92. The predicted octanol–water partition coefficient (Wildman–Crippen LogP) is 2.29. The van der Waals surface area contributed by atoms with E-state index in [1.807, 2.05) is 6.92 Å². The van der Waals surface area contributed by atoms with Crippen molar-refractivity contribution in [1.82, 2.24) is 9.78 Å². The summed E-state index contributed by atoms with van der Waals surface area (Å²) in [5.41, 5.74) is 0.287. The Hall–Kier alpha value is -1.96. The molecule has 1 N–H and O–H groups in total. The third-order valence-corrected chi connectivity index (χ3v) is 4.17. The Bertz CT molecular complexity index is 741. The summed E-state index contributed by atoms with van der Waals surface area (Å²) in [5, 5.41) is 4.03. The molecule has 5 nitrogen and oxygen atoms in total. The summed E-state index contributed by atoms with van der Waals surface area (Å²) in [5.74, 6) is -2.16. The van der Waals surface area contributed by atoms with Crippen LogP contribution in [-0.2, 0) is 16.6 Å². The lowest BCUT2D eigenvalue weighted by atomic mass is 10.3. The van der Waals surface area contributed by atoms with Gasteiger partial charge in [0.1, 0.15) is 4.90 Å². The van der Waals surface area contributed by atoms with E-state index < -0.39 is 21.7 Å². The van der Waals surface area contributed by atoms with Crippen molar-refractivity contribution in [3.63, 3.8) is 0 Å². The van der Waals surface area contributed by atoms with Gasteiger partial charge in [0.05, 0.1) is 11.4 Å². The van der Waals surface area contributed by atoms with Gasteiger partial charge < -0.3 is 0 Å². The molecule has 0 radical (unpaired) electrons. The van der Waals surface area contributed by atoms with Crippen LogP contribution in [0.15, 0.2) is 29.3 Å². The van der Waals surface area contributed by atoms with E-state index in [-0.39, 0.29) is 10.6 Å². The Morgan fingerprint density at radius 3 is 2.55 bits per heavy atom. The minimum absolute atomic E-state index is 0.00378. The number of anilines is 1. The van der Waals surface area contributed by atoms with Crippen LogP contribution >= 0.6 is 0 Å². The molecule has 2 rings (SSSR count). The summed E-state index contributed by atoms with van der Waals surface area (Å²) in [6.45, 7) is 3.92. The fraction of sp³-hybridized carbons (Fsp3) is 0.250. The molecule has 0 aliphatic carbocycles. The minimum atomic E-state index is -3.89. The van der Waals surface area contributed by atoms with Gasteiger partial charge in [-0.25, -0.2) is 17.2 Å². The second kappa shape index (κ2) is 5.20. The van der Waals surface area contributed by atoms with Crippen LogP contribution in [0, 0.1) is 18.6 Å². The lowest BCUT2D eigenvalue weighted by Gasteiger charge is -2.07. The molecule has 1 aromatic heterocycles. The molecule has 0 saturated carbocycles. The molecule has 0 fully saturated rings. The Kier molecular flexibility index (Phi) is 3.76. The van der Waals surface area contributed by atoms with Crippen LogP contribution in [-0.4, -0.2) is 18.2 Å². The van der Waals surface area contributed by atoms with Gasteiger partial charge in [-0.2, -0.15) is 5.10 Å². The first-order valence-corrected chi connectivity index (χ1v) is 7.33. The van der Waals surface area contributed by atoms with E-state index in [4.69, 9.17) is 0 Å². The van der Waals surface area contributed by atoms with Crippen LogP contribution in [0.4, 0.5) is 14.5 Å². The zero-order valence-corrected chi connectivity index (χ0v) is 11.7. The molecule has 108 valence electrons. The van der Waals surface area contributed by atoms with Crippen LogP contribution in [0.3, 0.4) is 0 Å². The first-order chi connectivity index (χ1) is 9.33. The van der Waals surface area contributed by atoms with E-state index in [0.29, 0.717) is 12.2 Å². The van der Waals surface area contributed by atoms with Crippen molar-refractivity contribution in [2.45, 2.75) is 25.3 Å². The van der Waals surface area contributed by atoms with E-state index in [1.165, 1.54) is 10.9 Å². The van der Waals surface area contributed by atoms with Crippen LogP contribution < -0.4 is 4.72 Å². The molecular formula is C12H13F2N3O2S. The highest BCUT2D eigenvalue weighted by Gasteiger charge is 2.20. The molecule has 20 heavy (non-hydrogen) atoms. The molecular weight excluding hydrogens is 288 g/mol. The van der Waals surface area contributed by atoms with Crippen molar-refractivity contribution in [1.29, 1.82) is 0 Å². The van der Waals surface area contributed by atoms with Gasteiger partial charge >= 0.3 is 0 Å². The predicted molar refractivity (Wildman–Crippen MR) is 69.8 cm³/mol. The average molecular weight is 301 g/mol. The zero-order valence-electron chi connectivity index (χ0n) is 10.9. The standard InChI is InChI=1S/C12H13F2N3O2S/c1-3-17-7-12(8(2)15-17)20(18,19)16-9-4-5-10(13)11(14)6-9/h4-7,16H,3H2,1-2H3. The molecule has 0 unspecified atom stereocenters. The molecule has 1 heterocycles. The monoisotopic (exact) mass is 301 g/mol. The van der Waals surface area contributed by atoms with Gasteiger partial charge in [0, 0.05) is 18.8 Å². The lowest BCUT2D eigenvalue weighted by Crippen LogP contribution is -2.13. The zero-order chi connectivity index (χ0) is 14.9. The van der Waals surface area contributed by atoms with Gasteiger partial charge in [0.2, 0.25) is 0 Å². The Morgan fingerprint density at radius 1 is 1.30 bits per heavy atom. The van der Waals surface area contributed by atoms with Gasteiger partial charge in [0.15, 0.2) is 11.6 Å². The van der Waals surface area contributed by atoms with Crippen molar-refractivity contribution >= 4 is 15.7 Å².